The van der Waals surface area contributed by atoms with Crippen LogP contribution < -0.4 is 4.72 Å². The van der Waals surface area contributed by atoms with Crippen LogP contribution in [0.1, 0.15) is 44.1 Å². The Morgan fingerprint density at radius 2 is 1.84 bits per heavy atom. The summed E-state index contributed by atoms with van der Waals surface area (Å²) in [5.41, 5.74) is 0.985. The lowest BCUT2D eigenvalue weighted by atomic mass is 9.94. The molecule has 1 aromatic carbocycles. The third-order valence-electron chi connectivity index (χ3n) is 4.85. The number of ether oxygens (including phenoxy) is 2. The van der Waals surface area contributed by atoms with E-state index in [0.717, 1.165) is 31.2 Å². The molecule has 1 spiro atoms. The van der Waals surface area contributed by atoms with Gasteiger partial charge in [0.2, 0.25) is 0 Å². The van der Waals surface area contributed by atoms with Crippen LogP contribution in [0.3, 0.4) is 0 Å². The summed E-state index contributed by atoms with van der Waals surface area (Å²) in [4.78, 5) is 0. The van der Waals surface area contributed by atoms with Crippen molar-refractivity contribution in [2.75, 3.05) is 6.54 Å². The molecular weight excluding hydrogens is 366 g/mol. The van der Waals surface area contributed by atoms with Gasteiger partial charge in [0.15, 0.2) is 5.79 Å². The van der Waals surface area contributed by atoms with Crippen molar-refractivity contribution in [3.63, 3.8) is 0 Å². The Bertz CT molecular complexity index is 690. The van der Waals surface area contributed by atoms with Crippen LogP contribution in [-0.4, -0.2) is 37.5 Å². The Kier molecular flexibility index (Phi) is 6.03. The first-order valence-corrected chi connectivity index (χ1v) is 10.5. The molecule has 2 aliphatic rings. The van der Waals surface area contributed by atoms with E-state index < -0.39 is 16.1 Å². The highest BCUT2D eigenvalue weighted by Gasteiger charge is 2.47. The van der Waals surface area contributed by atoms with E-state index in [1.807, 2.05) is 24.3 Å². The van der Waals surface area contributed by atoms with E-state index in [1.54, 1.807) is 0 Å². The van der Waals surface area contributed by atoms with Crippen LogP contribution in [0.25, 0.3) is 0 Å². The highest BCUT2D eigenvalue weighted by atomic mass is 35.5. The Balaban J connectivity index is 1.70. The number of halogens is 1. The molecule has 3 rings (SSSR count). The van der Waals surface area contributed by atoms with Gasteiger partial charge in [-0.15, -0.1) is 0 Å². The molecule has 1 saturated heterocycles. The lowest BCUT2D eigenvalue weighted by molar-refractivity contribution is -0.194. The lowest BCUT2D eigenvalue weighted by Crippen LogP contribution is -2.34. The first-order valence-electron chi connectivity index (χ1n) is 8.68. The number of hydrogen-bond acceptors (Lipinski definition) is 4. The van der Waals surface area contributed by atoms with Crippen molar-refractivity contribution in [2.45, 2.75) is 62.9 Å². The van der Waals surface area contributed by atoms with E-state index in [2.05, 4.69) is 4.72 Å². The SMILES string of the molecule is O=S(=O)(O)NCC[C@H]1OC2(CCCCC2)O[C@@H]1Cc1ccccc1Cl. The molecule has 2 fully saturated rings. The van der Waals surface area contributed by atoms with Crippen molar-refractivity contribution in [1.29, 1.82) is 0 Å². The molecule has 2 atom stereocenters. The summed E-state index contributed by atoms with van der Waals surface area (Å²) < 4.78 is 45.3. The second kappa shape index (κ2) is 7.90. The predicted molar refractivity (Wildman–Crippen MR) is 94.9 cm³/mol. The van der Waals surface area contributed by atoms with Crippen molar-refractivity contribution in [3.8, 4) is 0 Å². The number of nitrogens with one attached hydrogen (secondary N) is 1. The minimum absolute atomic E-state index is 0.0992. The van der Waals surface area contributed by atoms with E-state index in [9.17, 15) is 8.42 Å². The van der Waals surface area contributed by atoms with Gasteiger partial charge in [-0.2, -0.15) is 13.1 Å². The van der Waals surface area contributed by atoms with Gasteiger partial charge in [0.25, 0.3) is 0 Å². The normalized spacial score (nSPS) is 26.2. The van der Waals surface area contributed by atoms with E-state index >= 15 is 0 Å². The average Bonchev–Trinajstić information content (AvgIpc) is 2.86. The van der Waals surface area contributed by atoms with Crippen LogP contribution >= 0.6 is 11.6 Å². The van der Waals surface area contributed by atoms with E-state index in [1.165, 1.54) is 6.42 Å². The fourth-order valence-corrected chi connectivity index (χ4v) is 4.27. The largest absolute Gasteiger partial charge is 0.344 e. The van der Waals surface area contributed by atoms with Crippen molar-refractivity contribution in [2.24, 2.45) is 0 Å². The van der Waals surface area contributed by atoms with Gasteiger partial charge in [0.05, 0.1) is 12.2 Å². The predicted octanol–water partition coefficient (Wildman–Crippen LogP) is 3.11. The Labute approximate surface area is 153 Å². The summed E-state index contributed by atoms with van der Waals surface area (Å²) in [5, 5.41) is 0.686. The molecule has 6 nitrogen and oxygen atoms in total. The van der Waals surface area contributed by atoms with Crippen molar-refractivity contribution >= 4 is 21.9 Å². The third kappa shape index (κ3) is 5.15. The first-order chi connectivity index (χ1) is 11.9. The number of rotatable bonds is 6. The molecule has 0 unspecified atom stereocenters. The van der Waals surface area contributed by atoms with Gasteiger partial charge < -0.3 is 9.47 Å². The molecule has 1 saturated carbocycles. The van der Waals surface area contributed by atoms with Crippen molar-refractivity contribution in [1.82, 2.24) is 4.72 Å². The van der Waals surface area contributed by atoms with Crippen LogP contribution in [-0.2, 0) is 26.2 Å². The van der Waals surface area contributed by atoms with Gasteiger partial charge in [-0.3, -0.25) is 4.55 Å². The zero-order chi connectivity index (χ0) is 17.9. The van der Waals surface area contributed by atoms with Crippen LogP contribution in [0.4, 0.5) is 0 Å². The summed E-state index contributed by atoms with van der Waals surface area (Å²) in [5.74, 6) is -0.563. The minimum Gasteiger partial charge on any atom is -0.344 e. The summed E-state index contributed by atoms with van der Waals surface area (Å²) in [6.45, 7) is 0.0992. The summed E-state index contributed by atoms with van der Waals surface area (Å²) in [7, 11) is -4.20. The molecule has 140 valence electrons. The maximum absolute atomic E-state index is 10.9. The molecule has 8 heteroatoms. The summed E-state index contributed by atoms with van der Waals surface area (Å²) in [6, 6.07) is 7.62. The number of benzene rings is 1. The minimum atomic E-state index is -4.20. The zero-order valence-electron chi connectivity index (χ0n) is 14.0. The highest BCUT2D eigenvalue weighted by molar-refractivity contribution is 7.83. The van der Waals surface area contributed by atoms with Crippen LogP contribution in [0, 0.1) is 0 Å². The van der Waals surface area contributed by atoms with Gasteiger partial charge >= 0.3 is 10.3 Å². The molecule has 25 heavy (non-hydrogen) atoms. The molecule has 0 radical (unpaired) electrons. The molecule has 0 aromatic heterocycles. The molecule has 1 aromatic rings. The molecule has 2 N–H and O–H groups in total. The van der Waals surface area contributed by atoms with Gasteiger partial charge in [-0.1, -0.05) is 36.2 Å². The lowest BCUT2D eigenvalue weighted by Gasteiger charge is -2.32. The van der Waals surface area contributed by atoms with Crippen LogP contribution in [0.15, 0.2) is 24.3 Å². The monoisotopic (exact) mass is 389 g/mol. The molecule has 0 bridgehead atoms. The second-order valence-electron chi connectivity index (χ2n) is 6.74. The van der Waals surface area contributed by atoms with Crippen LogP contribution in [0.2, 0.25) is 5.02 Å². The van der Waals surface area contributed by atoms with Crippen LogP contribution in [0.5, 0.6) is 0 Å². The van der Waals surface area contributed by atoms with Gasteiger partial charge in [-0.25, -0.2) is 0 Å². The summed E-state index contributed by atoms with van der Waals surface area (Å²) in [6.07, 6.45) is 5.61. The van der Waals surface area contributed by atoms with E-state index in [4.69, 9.17) is 25.6 Å². The quantitative estimate of drug-likeness (QED) is 0.730. The maximum Gasteiger partial charge on any atom is 0.333 e. The van der Waals surface area contributed by atoms with Crippen molar-refractivity contribution in [3.05, 3.63) is 34.9 Å². The summed E-state index contributed by atoms with van der Waals surface area (Å²) >= 11 is 6.27. The second-order valence-corrected chi connectivity index (χ2v) is 8.38. The first kappa shape index (κ1) is 19.1. The van der Waals surface area contributed by atoms with E-state index in [0.29, 0.717) is 17.9 Å². The third-order valence-corrected chi connectivity index (χ3v) is 5.79. The number of hydrogen-bond donors (Lipinski definition) is 2. The standard InChI is InChI=1S/C17H24ClNO5S/c18-14-7-3-2-6-13(14)12-16-15(8-11-19-25(20,21)22)23-17(24-16)9-4-1-5-10-17/h2-3,6-7,15-16,19H,1,4-5,8-12H2,(H,20,21,22)/t15-,16-/m1/s1. The average molecular weight is 390 g/mol. The van der Waals surface area contributed by atoms with Gasteiger partial charge in [-0.05, 0) is 30.9 Å². The Hall–Kier alpha value is -0.700. The fourth-order valence-electron chi connectivity index (χ4n) is 3.69. The topological polar surface area (TPSA) is 84.9 Å². The molecular formula is C17H24ClNO5S. The Morgan fingerprint density at radius 1 is 1.16 bits per heavy atom. The molecule has 1 heterocycles. The smallest absolute Gasteiger partial charge is 0.333 e. The molecule has 1 aliphatic carbocycles. The Morgan fingerprint density at radius 3 is 2.52 bits per heavy atom. The maximum atomic E-state index is 10.9. The van der Waals surface area contributed by atoms with E-state index in [-0.39, 0.29) is 18.8 Å². The zero-order valence-corrected chi connectivity index (χ0v) is 15.6. The van der Waals surface area contributed by atoms with Gasteiger partial charge in [0.1, 0.15) is 0 Å². The molecule has 1 aliphatic heterocycles. The van der Waals surface area contributed by atoms with Crippen molar-refractivity contribution < 1.29 is 22.4 Å². The molecule has 0 amide bonds. The van der Waals surface area contributed by atoms with Gasteiger partial charge in [0, 0.05) is 30.8 Å². The fraction of sp³-hybridized carbons (Fsp3) is 0.647. The highest BCUT2D eigenvalue weighted by Crippen LogP contribution is 2.42.